The van der Waals surface area contributed by atoms with Crippen LogP contribution in [-0.2, 0) is 31.2 Å². The zero-order valence-corrected chi connectivity index (χ0v) is 23.9. The van der Waals surface area contributed by atoms with E-state index in [1.807, 2.05) is 61.5 Å². The highest BCUT2D eigenvalue weighted by Crippen LogP contribution is 2.58. The second-order valence-corrected chi connectivity index (χ2v) is 12.8. The van der Waals surface area contributed by atoms with Crippen LogP contribution in [0.3, 0.4) is 0 Å². The molecule has 36 heavy (non-hydrogen) atoms. The Morgan fingerprint density at radius 2 is 1.78 bits per heavy atom. The Bertz CT molecular complexity index is 990. The van der Waals surface area contributed by atoms with Gasteiger partial charge >= 0.3 is 7.60 Å². The number of ether oxygens (including phenoxy) is 3. The van der Waals surface area contributed by atoms with E-state index in [0.717, 1.165) is 42.6 Å². The third-order valence-corrected chi connectivity index (χ3v) is 8.20. The van der Waals surface area contributed by atoms with Gasteiger partial charge < -0.3 is 28.7 Å². The van der Waals surface area contributed by atoms with E-state index in [9.17, 15) is 9.67 Å². The van der Waals surface area contributed by atoms with E-state index in [1.165, 1.54) is 0 Å². The molecule has 0 amide bonds. The summed E-state index contributed by atoms with van der Waals surface area (Å²) in [6, 6.07) is 15.8. The van der Waals surface area contributed by atoms with Crippen molar-refractivity contribution in [1.82, 2.24) is 4.90 Å². The van der Waals surface area contributed by atoms with E-state index < -0.39 is 30.1 Å². The summed E-state index contributed by atoms with van der Waals surface area (Å²) in [5, 5.41) is 10.1. The molecule has 0 aliphatic carbocycles. The summed E-state index contributed by atoms with van der Waals surface area (Å²) < 4.78 is 37.6. The molecular weight excluding hydrogens is 552 g/mol. The van der Waals surface area contributed by atoms with Crippen LogP contribution >= 0.6 is 42.4 Å². The Kier molecular flexibility index (Phi) is 12.8. The first-order valence-corrected chi connectivity index (χ1v) is 13.9. The molecule has 1 N–H and O–H groups in total. The zero-order valence-electron chi connectivity index (χ0n) is 20.7. The minimum Gasteiger partial charge on any atom is -0.497 e. The van der Waals surface area contributed by atoms with Gasteiger partial charge in [0.25, 0.3) is 0 Å². The lowest BCUT2D eigenvalue weighted by molar-refractivity contribution is -0.0672. The van der Waals surface area contributed by atoms with Crippen LogP contribution in [-0.4, -0.2) is 74.0 Å². The largest absolute Gasteiger partial charge is 0.497 e. The Labute approximate surface area is 227 Å². The van der Waals surface area contributed by atoms with Crippen molar-refractivity contribution in [2.45, 2.75) is 28.6 Å². The van der Waals surface area contributed by atoms with E-state index in [0.29, 0.717) is 6.54 Å². The average Bonchev–Trinajstić information content (AvgIpc) is 2.85. The molecule has 0 saturated heterocycles. The van der Waals surface area contributed by atoms with Crippen molar-refractivity contribution in [2.75, 3.05) is 48.3 Å². The number of rotatable bonds is 15. The number of aliphatic hydroxyl groups excluding tert-OH is 1. The molecule has 2 rings (SSSR count). The maximum atomic E-state index is 12.7. The van der Waals surface area contributed by atoms with Gasteiger partial charge in [-0.2, -0.15) is 0 Å². The molecule has 3 unspecified atom stereocenters. The van der Waals surface area contributed by atoms with Crippen LogP contribution in [0, 0.1) is 0 Å². The Morgan fingerprint density at radius 1 is 1.06 bits per heavy atom. The van der Waals surface area contributed by atoms with Crippen LogP contribution in [0.5, 0.6) is 11.5 Å². The Hall–Kier alpha value is -1.06. The quantitative estimate of drug-likeness (QED) is 0.171. The van der Waals surface area contributed by atoms with Crippen molar-refractivity contribution in [3.63, 3.8) is 0 Å². The number of methoxy groups -OCH3 is 1. The molecular formula is C24H33Cl3NO7P. The number of hydrogen-bond donors (Lipinski definition) is 1. The third kappa shape index (κ3) is 10.0. The predicted octanol–water partition coefficient (Wildman–Crippen LogP) is 5.31. The number of nitrogens with zero attached hydrogens (tertiary/aromatic N) is 1. The molecule has 0 bridgehead atoms. The monoisotopic (exact) mass is 583 g/mol. The third-order valence-electron chi connectivity index (χ3n) is 5.17. The van der Waals surface area contributed by atoms with E-state index in [-0.39, 0.29) is 6.61 Å². The number of para-hydroxylation sites is 1. The number of likely N-dealkylation sites (N-methyl/N-ethyl adjacent to an activating group) is 1. The highest BCUT2D eigenvalue weighted by atomic mass is 35.6. The number of hydrogen-bond acceptors (Lipinski definition) is 8. The van der Waals surface area contributed by atoms with Gasteiger partial charge in [-0.05, 0) is 56.3 Å². The molecule has 3 atom stereocenters. The van der Waals surface area contributed by atoms with Crippen LogP contribution in [0.15, 0.2) is 48.5 Å². The van der Waals surface area contributed by atoms with Crippen LogP contribution in [0.4, 0.5) is 0 Å². The predicted molar refractivity (Wildman–Crippen MR) is 143 cm³/mol. The van der Waals surface area contributed by atoms with Crippen LogP contribution < -0.4 is 9.47 Å². The zero-order chi connectivity index (χ0) is 26.8. The van der Waals surface area contributed by atoms with Crippen LogP contribution in [0.2, 0.25) is 0 Å². The first kappa shape index (κ1) is 31.2. The molecule has 0 radical (unpaired) electrons. The smallest absolute Gasteiger partial charge is 0.365 e. The van der Waals surface area contributed by atoms with Crippen molar-refractivity contribution >= 4 is 42.4 Å². The summed E-state index contributed by atoms with van der Waals surface area (Å²) >= 11 is 16.9. The van der Waals surface area contributed by atoms with Gasteiger partial charge in [0.05, 0.1) is 7.11 Å². The highest BCUT2D eigenvalue weighted by molar-refractivity contribution is 7.55. The van der Waals surface area contributed by atoms with Gasteiger partial charge in [-0.3, -0.25) is 9.09 Å². The minimum absolute atomic E-state index is 0.196. The molecule has 2 aromatic rings. The maximum Gasteiger partial charge on any atom is 0.365 e. The lowest BCUT2D eigenvalue weighted by Gasteiger charge is -2.27. The van der Waals surface area contributed by atoms with E-state index in [1.54, 1.807) is 7.11 Å². The fourth-order valence-corrected chi connectivity index (χ4v) is 5.39. The molecule has 8 nitrogen and oxygen atoms in total. The first-order chi connectivity index (χ1) is 17.0. The van der Waals surface area contributed by atoms with Crippen molar-refractivity contribution in [3.8, 4) is 11.5 Å². The van der Waals surface area contributed by atoms with Gasteiger partial charge in [0, 0.05) is 13.7 Å². The average molecular weight is 585 g/mol. The fourth-order valence-electron chi connectivity index (χ4n) is 3.30. The number of alkyl halides is 3. The molecule has 12 heteroatoms. The summed E-state index contributed by atoms with van der Waals surface area (Å²) in [7, 11) is 2.34. The van der Waals surface area contributed by atoms with Gasteiger partial charge in [0.1, 0.15) is 24.2 Å². The Balaban J connectivity index is 1.99. The lowest BCUT2D eigenvalue weighted by Crippen LogP contribution is -2.34. The van der Waals surface area contributed by atoms with Crippen molar-refractivity contribution < 1.29 is 32.9 Å². The number of aryl methyl sites for hydroxylation is 2. The van der Waals surface area contributed by atoms with Gasteiger partial charge in [0.15, 0.2) is 6.79 Å². The second-order valence-electron chi connectivity index (χ2n) is 8.21. The van der Waals surface area contributed by atoms with Crippen molar-refractivity contribution in [3.05, 3.63) is 59.7 Å². The Morgan fingerprint density at radius 3 is 2.42 bits per heavy atom. The molecule has 202 valence electrons. The molecule has 0 heterocycles. The fraction of sp³-hybridized carbons (Fsp3) is 0.500. The summed E-state index contributed by atoms with van der Waals surface area (Å²) in [6.45, 7) is 0.212. The normalized spacial score (nSPS) is 15.4. The van der Waals surface area contributed by atoms with E-state index in [4.69, 9.17) is 58.1 Å². The highest BCUT2D eigenvalue weighted by Gasteiger charge is 2.47. The summed E-state index contributed by atoms with van der Waals surface area (Å²) in [4.78, 5) is 1.91. The molecule has 0 saturated carbocycles. The minimum atomic E-state index is -4.16. The summed E-state index contributed by atoms with van der Waals surface area (Å²) in [5.74, 6) is -0.422. The lowest BCUT2D eigenvalue weighted by atomic mass is 10.0. The number of halogens is 3. The molecule has 0 aliphatic rings. The van der Waals surface area contributed by atoms with Crippen molar-refractivity contribution in [1.29, 1.82) is 0 Å². The summed E-state index contributed by atoms with van der Waals surface area (Å²) in [5.41, 5.74) is 2.21. The van der Waals surface area contributed by atoms with E-state index in [2.05, 4.69) is 6.07 Å². The molecule has 0 aromatic heterocycles. The molecule has 0 aliphatic heterocycles. The SMILES string of the molecule is COc1cccc(CCc2ccccc2OCC(CN(C)C)OCOP(=O)(OC)C(O)C(Cl)(Cl)Cl)c1. The van der Waals surface area contributed by atoms with Crippen molar-refractivity contribution in [2.24, 2.45) is 0 Å². The van der Waals surface area contributed by atoms with Gasteiger partial charge in [-0.1, -0.05) is 65.1 Å². The molecule has 2 aromatic carbocycles. The van der Waals surface area contributed by atoms with E-state index >= 15 is 0 Å². The topological polar surface area (TPSA) is 86.7 Å². The standard InChI is InChI=1S/C24H33Cl3NO7P/c1-28(2)15-21(34-17-35-36(30,32-4)23(29)24(25,26)27)16-33-22-11-6-5-9-19(22)13-12-18-8-7-10-20(14-18)31-3/h5-11,14,21,23,29H,12-13,15-17H2,1-4H3. The van der Waals surface area contributed by atoms with Gasteiger partial charge in [-0.15, -0.1) is 0 Å². The molecule has 0 spiro atoms. The van der Waals surface area contributed by atoms with Gasteiger partial charge in [-0.25, -0.2) is 0 Å². The first-order valence-electron chi connectivity index (χ1n) is 11.1. The van der Waals surface area contributed by atoms with Crippen LogP contribution in [0.1, 0.15) is 11.1 Å². The van der Waals surface area contributed by atoms with Gasteiger partial charge in [0.2, 0.25) is 9.64 Å². The number of aliphatic hydroxyl groups is 1. The van der Waals surface area contributed by atoms with Crippen LogP contribution in [0.25, 0.3) is 0 Å². The number of benzene rings is 2. The second kappa shape index (κ2) is 14.8. The molecule has 0 fully saturated rings. The maximum absolute atomic E-state index is 12.7. The summed E-state index contributed by atoms with van der Waals surface area (Å²) in [6.07, 6.45) is 1.14.